The second kappa shape index (κ2) is 10.4. The fourth-order valence-electron chi connectivity index (χ4n) is 3.09. The highest BCUT2D eigenvalue weighted by atomic mass is 32.2. The summed E-state index contributed by atoms with van der Waals surface area (Å²) in [7, 11) is 0. The molecule has 0 aliphatic carbocycles. The summed E-state index contributed by atoms with van der Waals surface area (Å²) in [6.07, 6.45) is -0.0463. The Bertz CT molecular complexity index is 971. The van der Waals surface area contributed by atoms with E-state index < -0.39 is 47.6 Å². The van der Waals surface area contributed by atoms with Gasteiger partial charge < -0.3 is 18.9 Å². The van der Waals surface area contributed by atoms with Crippen molar-refractivity contribution in [1.29, 1.82) is 0 Å². The van der Waals surface area contributed by atoms with Crippen LogP contribution < -0.4 is 4.74 Å². The summed E-state index contributed by atoms with van der Waals surface area (Å²) in [5, 5.41) is 0. The van der Waals surface area contributed by atoms with Crippen molar-refractivity contribution < 1.29 is 37.7 Å². The number of pyridine rings is 2. The third kappa shape index (κ3) is 6.16. The summed E-state index contributed by atoms with van der Waals surface area (Å²) in [6.45, 7) is 3.66. The second-order valence-corrected chi connectivity index (χ2v) is 8.00. The number of ether oxygens (including phenoxy) is 4. The van der Waals surface area contributed by atoms with Gasteiger partial charge in [-0.25, -0.2) is 4.98 Å². The zero-order chi connectivity index (χ0) is 23.3. The minimum Gasteiger partial charge on any atom is -0.474 e. The first-order valence-electron chi connectivity index (χ1n) is 9.61. The smallest absolute Gasteiger partial charge is 0.303 e. The summed E-state index contributed by atoms with van der Waals surface area (Å²) in [4.78, 5) is 42.7. The van der Waals surface area contributed by atoms with E-state index in [0.717, 1.165) is 0 Å². The highest BCUT2D eigenvalue weighted by molar-refractivity contribution is 7.99. The summed E-state index contributed by atoms with van der Waals surface area (Å²) in [6, 6.07) is 6.11. The first kappa shape index (κ1) is 23.5. The van der Waals surface area contributed by atoms with Crippen LogP contribution in [-0.2, 0) is 28.6 Å². The molecule has 0 radical (unpaired) electrons. The zero-order valence-corrected chi connectivity index (χ0v) is 18.3. The molecule has 0 spiro atoms. The van der Waals surface area contributed by atoms with Crippen LogP contribution in [0, 0.1) is 5.95 Å². The van der Waals surface area contributed by atoms with Gasteiger partial charge >= 0.3 is 17.9 Å². The van der Waals surface area contributed by atoms with Crippen LogP contribution in [0.1, 0.15) is 20.8 Å². The first-order chi connectivity index (χ1) is 15.2. The van der Waals surface area contributed by atoms with Crippen molar-refractivity contribution in [1.82, 2.24) is 9.97 Å². The highest BCUT2D eigenvalue weighted by Crippen LogP contribution is 2.34. The number of carbonyl (C=O) groups excluding carboxylic acids is 3. The van der Waals surface area contributed by atoms with E-state index in [0.29, 0.717) is 17.0 Å². The summed E-state index contributed by atoms with van der Waals surface area (Å²) in [5.41, 5.74) is 0.433. The van der Waals surface area contributed by atoms with Gasteiger partial charge in [-0.05, 0) is 24.3 Å². The van der Waals surface area contributed by atoms with Gasteiger partial charge in [-0.3, -0.25) is 19.4 Å². The lowest BCUT2D eigenvalue weighted by molar-refractivity contribution is -0.186. The monoisotopic (exact) mass is 464 g/mol. The number of halogens is 1. The molecule has 0 amide bonds. The van der Waals surface area contributed by atoms with Crippen molar-refractivity contribution in [3.8, 4) is 17.0 Å². The Morgan fingerprint density at radius 3 is 2.16 bits per heavy atom. The van der Waals surface area contributed by atoms with E-state index in [-0.39, 0.29) is 5.75 Å². The lowest BCUT2D eigenvalue weighted by Crippen LogP contribution is -2.55. The van der Waals surface area contributed by atoms with E-state index in [1.165, 1.54) is 51.0 Å². The van der Waals surface area contributed by atoms with E-state index in [9.17, 15) is 18.8 Å². The van der Waals surface area contributed by atoms with Crippen molar-refractivity contribution in [3.05, 3.63) is 42.6 Å². The highest BCUT2D eigenvalue weighted by Gasteiger charge is 2.47. The minimum atomic E-state index is -1.04. The first-order valence-corrected chi connectivity index (χ1v) is 10.7. The van der Waals surface area contributed by atoms with Gasteiger partial charge in [0.05, 0.1) is 11.9 Å². The molecule has 9 nitrogen and oxygen atoms in total. The van der Waals surface area contributed by atoms with Gasteiger partial charge in [0.2, 0.25) is 5.95 Å². The van der Waals surface area contributed by atoms with Gasteiger partial charge in [-0.15, -0.1) is 11.8 Å². The van der Waals surface area contributed by atoms with Gasteiger partial charge in [0.1, 0.15) is 5.75 Å². The number of hydrogen-bond donors (Lipinski definition) is 0. The SMILES string of the molecule is CC(=O)O[C@@H]1[C@@H](OC(C)=O)[C@H](OC(C)=O)CS[C@H]1Oc1ccc(-c2ccc(F)nc2)nc1. The van der Waals surface area contributed by atoms with Crippen molar-refractivity contribution in [2.24, 2.45) is 0 Å². The molecule has 0 unspecified atom stereocenters. The Morgan fingerprint density at radius 1 is 0.906 bits per heavy atom. The number of thioether (sulfide) groups is 1. The molecule has 1 saturated heterocycles. The third-order valence-electron chi connectivity index (χ3n) is 4.32. The van der Waals surface area contributed by atoms with Gasteiger partial charge in [0, 0.05) is 38.3 Å². The maximum absolute atomic E-state index is 13.0. The Labute approximate surface area is 187 Å². The number of nitrogens with zero attached hydrogens (tertiary/aromatic N) is 2. The van der Waals surface area contributed by atoms with E-state index in [2.05, 4.69) is 9.97 Å². The topological polar surface area (TPSA) is 114 Å². The van der Waals surface area contributed by atoms with Crippen molar-refractivity contribution in [3.63, 3.8) is 0 Å². The maximum atomic E-state index is 13.0. The standard InChI is InChI=1S/C21H21FN2O7S/c1-11(25)28-17-10-32-21(20(30-13(3)27)19(17)29-12(2)26)31-15-5-6-16(23-9-15)14-4-7-18(22)24-8-14/h4-9,17,19-21H,10H2,1-3H3/t17-,19+,20-,21-/m1/s1. The van der Waals surface area contributed by atoms with Gasteiger partial charge in [-0.2, -0.15) is 4.39 Å². The van der Waals surface area contributed by atoms with Gasteiger partial charge in [-0.1, -0.05) is 0 Å². The average Bonchev–Trinajstić information content (AvgIpc) is 2.72. The molecule has 170 valence electrons. The number of esters is 3. The molecular weight excluding hydrogens is 443 g/mol. The van der Waals surface area contributed by atoms with Crippen LogP contribution in [0.15, 0.2) is 36.7 Å². The Kier molecular flexibility index (Phi) is 7.62. The molecular formula is C21H21FN2O7S. The molecule has 2 aromatic heterocycles. The van der Waals surface area contributed by atoms with Gasteiger partial charge in [0.25, 0.3) is 0 Å². The fourth-order valence-corrected chi connectivity index (χ4v) is 4.31. The number of aromatic nitrogens is 2. The Balaban J connectivity index is 1.80. The molecule has 0 saturated carbocycles. The quantitative estimate of drug-likeness (QED) is 0.359. The largest absolute Gasteiger partial charge is 0.474 e. The average molecular weight is 464 g/mol. The molecule has 11 heteroatoms. The second-order valence-electron chi connectivity index (χ2n) is 6.86. The molecule has 3 rings (SSSR count). The van der Waals surface area contributed by atoms with Crippen LogP contribution in [-0.4, -0.2) is 57.4 Å². The number of hydrogen-bond acceptors (Lipinski definition) is 10. The maximum Gasteiger partial charge on any atom is 0.303 e. The fraction of sp³-hybridized carbons (Fsp3) is 0.381. The predicted molar refractivity (Wildman–Crippen MR) is 111 cm³/mol. The van der Waals surface area contributed by atoms with Crippen molar-refractivity contribution >= 4 is 29.7 Å². The summed E-state index contributed by atoms with van der Waals surface area (Å²) < 4.78 is 35.0. The lowest BCUT2D eigenvalue weighted by atomic mass is 10.1. The zero-order valence-electron chi connectivity index (χ0n) is 17.5. The molecule has 2 aromatic rings. The minimum absolute atomic E-state index is 0.257. The summed E-state index contributed by atoms with van der Waals surface area (Å²) in [5.74, 6) is -1.74. The summed E-state index contributed by atoms with van der Waals surface area (Å²) >= 11 is 1.24. The molecule has 4 atom stereocenters. The Morgan fingerprint density at radius 2 is 1.59 bits per heavy atom. The normalized spacial score (nSPS) is 22.5. The van der Waals surface area contributed by atoms with E-state index in [1.54, 1.807) is 18.2 Å². The lowest BCUT2D eigenvalue weighted by Gasteiger charge is -2.39. The van der Waals surface area contributed by atoms with Crippen LogP contribution in [0.2, 0.25) is 0 Å². The number of carbonyl (C=O) groups is 3. The third-order valence-corrected chi connectivity index (χ3v) is 5.53. The Hall–Kier alpha value is -3.21. The van der Waals surface area contributed by atoms with E-state index in [4.69, 9.17) is 18.9 Å². The predicted octanol–water partition coefficient (Wildman–Crippen LogP) is 2.53. The molecule has 1 aliphatic heterocycles. The van der Waals surface area contributed by atoms with Crippen molar-refractivity contribution in [2.45, 2.75) is 44.5 Å². The molecule has 3 heterocycles. The van der Waals surface area contributed by atoms with Crippen LogP contribution in [0.3, 0.4) is 0 Å². The van der Waals surface area contributed by atoms with Gasteiger partial charge in [0.15, 0.2) is 23.7 Å². The molecule has 0 bridgehead atoms. The van der Waals surface area contributed by atoms with Crippen LogP contribution in [0.25, 0.3) is 11.3 Å². The molecule has 32 heavy (non-hydrogen) atoms. The number of rotatable bonds is 6. The molecule has 1 fully saturated rings. The van der Waals surface area contributed by atoms with E-state index >= 15 is 0 Å². The van der Waals surface area contributed by atoms with Crippen LogP contribution in [0.4, 0.5) is 4.39 Å². The van der Waals surface area contributed by atoms with E-state index in [1.807, 2.05) is 0 Å². The van der Waals surface area contributed by atoms with Crippen molar-refractivity contribution in [2.75, 3.05) is 5.75 Å². The molecule has 0 aromatic carbocycles. The molecule has 1 aliphatic rings. The molecule has 0 N–H and O–H groups in total. The van der Waals surface area contributed by atoms with Crippen LogP contribution >= 0.6 is 11.8 Å². The van der Waals surface area contributed by atoms with Crippen LogP contribution in [0.5, 0.6) is 5.75 Å².